The SMILES string of the molecule is O=C(Nc1nn(Cc2ccc(Cl)c(Cl)c2)cc1Br)c1cccc(COc2cccc(Br)c2)c1. The van der Waals surface area contributed by atoms with Crippen molar-refractivity contribution in [2.45, 2.75) is 13.2 Å². The first kappa shape index (κ1) is 23.8. The molecule has 3 aromatic carbocycles. The largest absolute Gasteiger partial charge is 0.489 e. The van der Waals surface area contributed by atoms with Gasteiger partial charge in [-0.1, -0.05) is 63.4 Å². The van der Waals surface area contributed by atoms with E-state index in [1.165, 1.54) is 0 Å². The molecule has 0 radical (unpaired) electrons. The molecule has 0 saturated heterocycles. The lowest BCUT2D eigenvalue weighted by atomic mass is 10.1. The Morgan fingerprint density at radius 2 is 1.79 bits per heavy atom. The number of hydrogen-bond acceptors (Lipinski definition) is 3. The fourth-order valence-electron chi connectivity index (χ4n) is 3.09. The van der Waals surface area contributed by atoms with Crippen molar-refractivity contribution in [3.05, 3.63) is 109 Å². The van der Waals surface area contributed by atoms with E-state index in [1.807, 2.05) is 42.5 Å². The van der Waals surface area contributed by atoms with Crippen LogP contribution in [0.25, 0.3) is 0 Å². The summed E-state index contributed by atoms with van der Waals surface area (Å²) in [5.41, 5.74) is 2.33. The van der Waals surface area contributed by atoms with Crippen LogP contribution < -0.4 is 10.1 Å². The van der Waals surface area contributed by atoms with Crippen LogP contribution in [0.15, 0.2) is 81.9 Å². The highest BCUT2D eigenvalue weighted by Crippen LogP contribution is 2.25. The second kappa shape index (κ2) is 10.7. The number of amides is 1. The summed E-state index contributed by atoms with van der Waals surface area (Å²) in [5.74, 6) is 0.909. The molecule has 1 heterocycles. The molecule has 168 valence electrons. The molecule has 0 spiro atoms. The zero-order valence-electron chi connectivity index (χ0n) is 17.1. The van der Waals surface area contributed by atoms with Crippen molar-refractivity contribution in [2.24, 2.45) is 0 Å². The molecule has 4 rings (SSSR count). The lowest BCUT2D eigenvalue weighted by Crippen LogP contribution is -2.13. The second-order valence-electron chi connectivity index (χ2n) is 7.17. The van der Waals surface area contributed by atoms with Crippen LogP contribution in [0.4, 0.5) is 5.82 Å². The highest BCUT2D eigenvalue weighted by atomic mass is 79.9. The fraction of sp³-hybridized carbons (Fsp3) is 0.0833. The molecule has 0 aliphatic heterocycles. The molecule has 0 fully saturated rings. The van der Waals surface area contributed by atoms with Crippen molar-refractivity contribution in [1.82, 2.24) is 9.78 Å². The molecule has 5 nitrogen and oxygen atoms in total. The first-order valence-electron chi connectivity index (χ1n) is 9.83. The Kier molecular flexibility index (Phi) is 7.75. The van der Waals surface area contributed by atoms with Gasteiger partial charge in [-0.2, -0.15) is 5.10 Å². The van der Waals surface area contributed by atoms with E-state index in [4.69, 9.17) is 27.9 Å². The van der Waals surface area contributed by atoms with Crippen LogP contribution in [0, 0.1) is 0 Å². The maximum absolute atomic E-state index is 12.8. The zero-order chi connectivity index (χ0) is 23.4. The molecule has 0 saturated carbocycles. The number of ether oxygens (including phenoxy) is 1. The molecular formula is C24H17Br2Cl2N3O2. The Bertz CT molecular complexity index is 1310. The van der Waals surface area contributed by atoms with Gasteiger partial charge in [0, 0.05) is 16.2 Å². The van der Waals surface area contributed by atoms with E-state index in [1.54, 1.807) is 35.1 Å². The van der Waals surface area contributed by atoms with Gasteiger partial charge in [0.2, 0.25) is 0 Å². The molecule has 0 atom stereocenters. The number of nitrogens with one attached hydrogen (secondary N) is 1. The van der Waals surface area contributed by atoms with Crippen LogP contribution in [0.5, 0.6) is 5.75 Å². The number of hydrogen-bond donors (Lipinski definition) is 1. The van der Waals surface area contributed by atoms with Crippen LogP contribution in [-0.4, -0.2) is 15.7 Å². The Morgan fingerprint density at radius 3 is 2.58 bits per heavy atom. The third-order valence-corrected chi connectivity index (χ3v) is 6.48. The molecule has 4 aromatic rings. The van der Waals surface area contributed by atoms with E-state index in [-0.39, 0.29) is 5.91 Å². The summed E-state index contributed by atoms with van der Waals surface area (Å²) in [5, 5.41) is 8.29. The maximum Gasteiger partial charge on any atom is 0.256 e. The lowest BCUT2D eigenvalue weighted by molar-refractivity contribution is 0.102. The summed E-state index contributed by atoms with van der Waals surface area (Å²) in [6.45, 7) is 0.827. The fourth-order valence-corrected chi connectivity index (χ4v) is 4.21. The summed E-state index contributed by atoms with van der Waals surface area (Å²) in [6.07, 6.45) is 1.79. The molecule has 0 bridgehead atoms. The number of anilines is 1. The van der Waals surface area contributed by atoms with E-state index in [0.29, 0.717) is 39.1 Å². The Morgan fingerprint density at radius 1 is 0.970 bits per heavy atom. The van der Waals surface area contributed by atoms with Crippen LogP contribution in [-0.2, 0) is 13.2 Å². The topological polar surface area (TPSA) is 56.2 Å². The van der Waals surface area contributed by atoms with Crippen molar-refractivity contribution in [2.75, 3.05) is 5.32 Å². The Labute approximate surface area is 217 Å². The number of rotatable bonds is 7. The zero-order valence-corrected chi connectivity index (χ0v) is 21.7. The van der Waals surface area contributed by atoms with Gasteiger partial charge in [-0.3, -0.25) is 9.48 Å². The maximum atomic E-state index is 12.8. The average molecular weight is 610 g/mol. The summed E-state index contributed by atoms with van der Waals surface area (Å²) < 4.78 is 9.14. The highest BCUT2D eigenvalue weighted by molar-refractivity contribution is 9.10. The molecule has 1 aromatic heterocycles. The number of benzene rings is 3. The van der Waals surface area contributed by atoms with E-state index < -0.39 is 0 Å². The molecule has 0 aliphatic carbocycles. The number of nitrogens with zero attached hydrogens (tertiary/aromatic N) is 2. The highest BCUT2D eigenvalue weighted by Gasteiger charge is 2.13. The smallest absolute Gasteiger partial charge is 0.256 e. The molecule has 9 heteroatoms. The summed E-state index contributed by atoms with van der Waals surface area (Å²) >= 11 is 19.0. The van der Waals surface area contributed by atoms with Crippen molar-refractivity contribution in [1.29, 1.82) is 0 Å². The van der Waals surface area contributed by atoms with Gasteiger partial charge >= 0.3 is 0 Å². The minimum absolute atomic E-state index is 0.264. The molecule has 0 aliphatic rings. The predicted molar refractivity (Wildman–Crippen MR) is 138 cm³/mol. The standard InChI is InChI=1S/C24H17Br2Cl2N3O2/c25-18-5-2-6-19(11-18)33-14-16-3-1-4-17(9-16)24(32)29-23-20(26)13-31(30-23)12-15-7-8-21(27)22(28)10-15/h1-11,13H,12,14H2,(H,29,30,32). The van der Waals surface area contributed by atoms with Crippen molar-refractivity contribution < 1.29 is 9.53 Å². The monoisotopic (exact) mass is 607 g/mol. The molecule has 1 amide bonds. The van der Waals surface area contributed by atoms with Gasteiger partial charge < -0.3 is 10.1 Å². The molecule has 1 N–H and O–H groups in total. The Balaban J connectivity index is 1.41. The van der Waals surface area contributed by atoms with Crippen molar-refractivity contribution >= 4 is 66.8 Å². The summed E-state index contributed by atoms with van der Waals surface area (Å²) in [4.78, 5) is 12.8. The third kappa shape index (κ3) is 6.38. The molecule has 33 heavy (non-hydrogen) atoms. The number of aromatic nitrogens is 2. The lowest BCUT2D eigenvalue weighted by Gasteiger charge is -2.08. The average Bonchev–Trinajstić information content (AvgIpc) is 3.13. The van der Waals surface area contributed by atoms with Crippen molar-refractivity contribution in [3.8, 4) is 5.75 Å². The molecule has 0 unspecified atom stereocenters. The number of halogens is 4. The quantitative estimate of drug-likeness (QED) is 0.235. The van der Waals surface area contributed by atoms with Crippen LogP contribution in [0.2, 0.25) is 10.0 Å². The van der Waals surface area contributed by atoms with E-state index in [9.17, 15) is 4.79 Å². The normalized spacial score (nSPS) is 10.8. The van der Waals surface area contributed by atoms with Gasteiger partial charge in [-0.15, -0.1) is 0 Å². The van der Waals surface area contributed by atoms with Crippen LogP contribution >= 0.6 is 55.1 Å². The van der Waals surface area contributed by atoms with Gasteiger partial charge in [0.05, 0.1) is 21.1 Å². The van der Waals surface area contributed by atoms with E-state index in [2.05, 4.69) is 42.3 Å². The molecular weight excluding hydrogens is 593 g/mol. The van der Waals surface area contributed by atoms with E-state index in [0.717, 1.165) is 21.3 Å². The van der Waals surface area contributed by atoms with Gasteiger partial charge in [0.15, 0.2) is 5.82 Å². The Hall–Kier alpha value is -2.32. The third-order valence-electron chi connectivity index (χ3n) is 4.67. The van der Waals surface area contributed by atoms with Crippen molar-refractivity contribution in [3.63, 3.8) is 0 Å². The minimum Gasteiger partial charge on any atom is -0.489 e. The first-order valence-corrected chi connectivity index (χ1v) is 12.2. The van der Waals surface area contributed by atoms with Gasteiger partial charge in [0.25, 0.3) is 5.91 Å². The second-order valence-corrected chi connectivity index (χ2v) is 9.76. The van der Waals surface area contributed by atoms with Gasteiger partial charge in [-0.05, 0) is 69.5 Å². The first-order chi connectivity index (χ1) is 15.9. The summed E-state index contributed by atoms with van der Waals surface area (Å²) in [6, 6.07) is 20.3. The number of carbonyl (C=O) groups excluding carboxylic acids is 1. The van der Waals surface area contributed by atoms with E-state index >= 15 is 0 Å². The minimum atomic E-state index is -0.264. The van der Waals surface area contributed by atoms with Gasteiger partial charge in [0.1, 0.15) is 12.4 Å². The van der Waals surface area contributed by atoms with Crippen LogP contribution in [0.1, 0.15) is 21.5 Å². The van der Waals surface area contributed by atoms with Gasteiger partial charge in [-0.25, -0.2) is 0 Å². The van der Waals surface area contributed by atoms with Crippen LogP contribution in [0.3, 0.4) is 0 Å². The summed E-state index contributed by atoms with van der Waals surface area (Å²) in [7, 11) is 0. The number of carbonyl (C=O) groups is 1. The predicted octanol–water partition coefficient (Wildman–Crippen LogP) is 7.59.